The van der Waals surface area contributed by atoms with Crippen molar-refractivity contribution in [1.82, 2.24) is 15.1 Å². The van der Waals surface area contributed by atoms with Crippen LogP contribution in [0, 0.1) is 0 Å². The minimum Gasteiger partial charge on any atom is -0.316 e. The largest absolute Gasteiger partial charge is 0.316 e. The van der Waals surface area contributed by atoms with Crippen molar-refractivity contribution in [2.45, 2.75) is 37.6 Å². The van der Waals surface area contributed by atoms with Gasteiger partial charge >= 0.3 is 0 Å². The summed E-state index contributed by atoms with van der Waals surface area (Å²) in [4.78, 5) is 0. The van der Waals surface area contributed by atoms with Crippen molar-refractivity contribution in [1.29, 1.82) is 0 Å². The smallest absolute Gasteiger partial charge is 0.0492 e. The number of benzene rings is 1. The number of hydrogen-bond acceptors (Lipinski definition) is 2. The molecule has 0 aliphatic heterocycles. The van der Waals surface area contributed by atoms with Crippen LogP contribution in [0.25, 0.3) is 0 Å². The quantitative estimate of drug-likeness (QED) is 0.904. The minimum absolute atomic E-state index is 0.550. The summed E-state index contributed by atoms with van der Waals surface area (Å²) in [5, 5.41) is 7.79. The predicted octanol–water partition coefficient (Wildman–Crippen LogP) is 2.67. The van der Waals surface area contributed by atoms with Gasteiger partial charge in [-0.15, -0.1) is 0 Å². The first-order valence-electron chi connectivity index (χ1n) is 7.51. The Kier molecular flexibility index (Phi) is 3.88. The van der Waals surface area contributed by atoms with Gasteiger partial charge in [0.1, 0.15) is 0 Å². The van der Waals surface area contributed by atoms with Crippen LogP contribution >= 0.6 is 0 Å². The molecule has 3 nitrogen and oxygen atoms in total. The van der Waals surface area contributed by atoms with E-state index in [1.54, 1.807) is 11.1 Å². The first-order chi connectivity index (χ1) is 9.79. The van der Waals surface area contributed by atoms with Crippen LogP contribution in [0.3, 0.4) is 0 Å². The summed E-state index contributed by atoms with van der Waals surface area (Å²) in [6, 6.07) is 11.6. The van der Waals surface area contributed by atoms with Gasteiger partial charge < -0.3 is 5.32 Å². The molecule has 0 bridgehead atoms. The molecule has 2 atom stereocenters. The first-order valence-corrected chi connectivity index (χ1v) is 7.51. The summed E-state index contributed by atoms with van der Waals surface area (Å²) in [7, 11) is 4.11. The van der Waals surface area contributed by atoms with Crippen LogP contribution < -0.4 is 5.32 Å². The molecule has 3 rings (SSSR count). The van der Waals surface area contributed by atoms with Gasteiger partial charge in [-0.1, -0.05) is 24.3 Å². The summed E-state index contributed by atoms with van der Waals surface area (Å²) in [5.41, 5.74) is 4.41. The Labute approximate surface area is 121 Å². The van der Waals surface area contributed by atoms with E-state index < -0.39 is 0 Å². The zero-order chi connectivity index (χ0) is 13.9. The average molecular weight is 269 g/mol. The molecular weight excluding hydrogens is 246 g/mol. The van der Waals surface area contributed by atoms with Crippen molar-refractivity contribution in [3.8, 4) is 0 Å². The zero-order valence-electron chi connectivity index (χ0n) is 12.3. The molecule has 3 heteroatoms. The fourth-order valence-electron chi connectivity index (χ4n) is 3.50. The maximum Gasteiger partial charge on any atom is 0.0492 e. The van der Waals surface area contributed by atoms with E-state index in [9.17, 15) is 0 Å². The molecule has 0 saturated heterocycles. The highest BCUT2D eigenvalue weighted by molar-refractivity contribution is 5.36. The van der Waals surface area contributed by atoms with Gasteiger partial charge in [-0.25, -0.2) is 0 Å². The number of fused-ring (bicyclic) bond motifs is 1. The van der Waals surface area contributed by atoms with Gasteiger partial charge in [-0.05, 0) is 55.8 Å². The van der Waals surface area contributed by atoms with Gasteiger partial charge in [-0.2, -0.15) is 5.10 Å². The zero-order valence-corrected chi connectivity index (χ0v) is 12.3. The topological polar surface area (TPSA) is 29.9 Å². The fraction of sp³-hybridized carbons (Fsp3) is 0.471. The van der Waals surface area contributed by atoms with Crippen molar-refractivity contribution in [3.63, 3.8) is 0 Å². The maximum absolute atomic E-state index is 4.25. The molecular formula is C17H23N3. The summed E-state index contributed by atoms with van der Waals surface area (Å²) in [6.07, 6.45) is 6.63. The van der Waals surface area contributed by atoms with Crippen LogP contribution in [-0.2, 0) is 19.9 Å². The molecule has 2 aromatic rings. The number of hydrogen-bond donors (Lipinski definition) is 1. The molecule has 0 radical (unpaired) electrons. The highest BCUT2D eigenvalue weighted by atomic mass is 15.2. The van der Waals surface area contributed by atoms with E-state index in [2.05, 4.69) is 47.8 Å². The second-order valence-electron chi connectivity index (χ2n) is 5.72. The SMILES string of the molecule is CNC(CCc1ccnn1C)C1CCc2ccccc21. The van der Waals surface area contributed by atoms with Crippen LogP contribution in [0.4, 0.5) is 0 Å². The predicted molar refractivity (Wildman–Crippen MR) is 81.9 cm³/mol. The second-order valence-corrected chi connectivity index (χ2v) is 5.72. The lowest BCUT2D eigenvalue weighted by molar-refractivity contribution is 0.428. The van der Waals surface area contributed by atoms with Gasteiger partial charge in [0.05, 0.1) is 0 Å². The van der Waals surface area contributed by atoms with Crippen molar-refractivity contribution in [3.05, 3.63) is 53.3 Å². The Morgan fingerprint density at radius 1 is 1.35 bits per heavy atom. The van der Waals surface area contributed by atoms with E-state index >= 15 is 0 Å². The maximum atomic E-state index is 4.25. The summed E-state index contributed by atoms with van der Waals surface area (Å²) < 4.78 is 1.98. The lowest BCUT2D eigenvalue weighted by atomic mass is 9.90. The van der Waals surface area contributed by atoms with Crippen LogP contribution in [0.5, 0.6) is 0 Å². The van der Waals surface area contributed by atoms with Crippen LogP contribution in [0.15, 0.2) is 36.5 Å². The number of likely N-dealkylation sites (N-methyl/N-ethyl adjacent to an activating group) is 1. The molecule has 1 aliphatic carbocycles. The third-order valence-corrected chi connectivity index (χ3v) is 4.67. The fourth-order valence-corrected chi connectivity index (χ4v) is 3.50. The van der Waals surface area contributed by atoms with Crippen molar-refractivity contribution in [2.75, 3.05) is 7.05 Å². The van der Waals surface area contributed by atoms with Crippen molar-refractivity contribution in [2.24, 2.45) is 7.05 Å². The van der Waals surface area contributed by atoms with Gasteiger partial charge in [0.15, 0.2) is 0 Å². The molecule has 0 fully saturated rings. The first kappa shape index (κ1) is 13.4. The molecule has 1 aromatic carbocycles. The van der Waals surface area contributed by atoms with E-state index in [1.807, 2.05) is 17.9 Å². The second kappa shape index (κ2) is 5.80. The van der Waals surface area contributed by atoms with E-state index in [1.165, 1.54) is 18.5 Å². The summed E-state index contributed by atoms with van der Waals surface area (Å²) in [6.45, 7) is 0. The molecule has 20 heavy (non-hydrogen) atoms. The molecule has 106 valence electrons. The minimum atomic E-state index is 0.550. The third-order valence-electron chi connectivity index (χ3n) is 4.67. The Bertz CT molecular complexity index is 573. The van der Waals surface area contributed by atoms with Gasteiger partial charge in [-0.3, -0.25) is 4.68 Å². The van der Waals surface area contributed by atoms with Gasteiger partial charge in [0, 0.05) is 25.0 Å². The van der Waals surface area contributed by atoms with Gasteiger partial charge in [0.2, 0.25) is 0 Å². The molecule has 0 amide bonds. The van der Waals surface area contributed by atoms with E-state index in [0.717, 1.165) is 12.8 Å². The van der Waals surface area contributed by atoms with Crippen LogP contribution in [0.2, 0.25) is 0 Å². The van der Waals surface area contributed by atoms with Crippen molar-refractivity contribution < 1.29 is 0 Å². The monoisotopic (exact) mass is 269 g/mol. The summed E-state index contributed by atoms with van der Waals surface area (Å²) >= 11 is 0. The average Bonchev–Trinajstić information content (AvgIpc) is 3.07. The highest BCUT2D eigenvalue weighted by Gasteiger charge is 2.28. The van der Waals surface area contributed by atoms with E-state index in [4.69, 9.17) is 0 Å². The van der Waals surface area contributed by atoms with E-state index in [0.29, 0.717) is 12.0 Å². The van der Waals surface area contributed by atoms with Gasteiger partial charge in [0.25, 0.3) is 0 Å². The lowest BCUT2D eigenvalue weighted by Gasteiger charge is -2.24. The third kappa shape index (κ3) is 2.50. The molecule has 1 aliphatic rings. The molecule has 1 heterocycles. The van der Waals surface area contributed by atoms with Crippen molar-refractivity contribution >= 4 is 0 Å². The molecule has 0 spiro atoms. The molecule has 0 saturated carbocycles. The number of rotatable bonds is 5. The number of aromatic nitrogens is 2. The molecule has 1 N–H and O–H groups in total. The Morgan fingerprint density at radius 2 is 2.20 bits per heavy atom. The number of nitrogens with one attached hydrogen (secondary N) is 1. The Hall–Kier alpha value is -1.61. The Balaban J connectivity index is 1.70. The number of nitrogens with zero attached hydrogens (tertiary/aromatic N) is 2. The van der Waals surface area contributed by atoms with Crippen LogP contribution in [0.1, 0.15) is 35.6 Å². The standard InChI is InChI=1S/C17H23N3/c1-18-17(10-8-14-11-12-19-20(14)2)16-9-7-13-5-3-4-6-15(13)16/h3-6,11-12,16-18H,7-10H2,1-2H3. The normalized spacial score (nSPS) is 19.0. The number of aryl methyl sites for hydroxylation is 3. The Morgan fingerprint density at radius 3 is 2.95 bits per heavy atom. The van der Waals surface area contributed by atoms with E-state index in [-0.39, 0.29) is 0 Å². The molecule has 1 aromatic heterocycles. The highest BCUT2D eigenvalue weighted by Crippen LogP contribution is 2.36. The van der Waals surface area contributed by atoms with Crippen LogP contribution in [-0.4, -0.2) is 22.9 Å². The lowest BCUT2D eigenvalue weighted by Crippen LogP contribution is -2.31. The molecule has 2 unspecified atom stereocenters. The summed E-state index contributed by atoms with van der Waals surface area (Å²) in [5.74, 6) is 0.657.